The summed E-state index contributed by atoms with van der Waals surface area (Å²) in [6.45, 7) is 3.30. The molecule has 0 unspecified atom stereocenters. The number of esters is 1. The van der Waals surface area contributed by atoms with Gasteiger partial charge in [-0.1, -0.05) is 48.0 Å². The number of amides is 2. The molecule has 1 aromatic heterocycles. The Morgan fingerprint density at radius 1 is 1.10 bits per heavy atom. The molecule has 0 saturated carbocycles. The molecule has 7 heteroatoms. The van der Waals surface area contributed by atoms with Crippen molar-refractivity contribution in [3.05, 3.63) is 71.2 Å². The third-order valence-electron chi connectivity index (χ3n) is 5.35. The highest BCUT2D eigenvalue weighted by Crippen LogP contribution is 2.25. The fraction of sp³-hybridized carbons (Fsp3) is 0.292. The summed E-state index contributed by atoms with van der Waals surface area (Å²) in [6, 6.07) is 17.4. The first-order valence-corrected chi connectivity index (χ1v) is 11.3. The zero-order valence-corrected chi connectivity index (χ0v) is 18.2. The minimum Gasteiger partial charge on any atom is -0.459 e. The van der Waals surface area contributed by atoms with E-state index in [0.29, 0.717) is 25.9 Å². The molecule has 31 heavy (non-hydrogen) atoms. The number of thiazole rings is 1. The smallest absolute Gasteiger partial charge is 0.321 e. The van der Waals surface area contributed by atoms with Crippen LogP contribution in [0.3, 0.4) is 0 Å². The maximum atomic E-state index is 12.5. The number of rotatable bonds is 5. The summed E-state index contributed by atoms with van der Waals surface area (Å²) < 4.78 is 5.51. The molecule has 0 spiro atoms. The molecule has 1 aliphatic rings. The third kappa shape index (κ3) is 5.49. The van der Waals surface area contributed by atoms with Crippen molar-refractivity contribution in [2.24, 2.45) is 5.92 Å². The molecule has 1 fully saturated rings. The fourth-order valence-electron chi connectivity index (χ4n) is 3.51. The number of carbonyl (C=O) groups is 2. The highest BCUT2D eigenvalue weighted by Gasteiger charge is 2.28. The Balaban J connectivity index is 1.23. The first kappa shape index (κ1) is 21.1. The number of nitrogens with one attached hydrogen (secondary N) is 1. The number of anilines is 1. The van der Waals surface area contributed by atoms with Crippen molar-refractivity contribution < 1.29 is 14.3 Å². The van der Waals surface area contributed by atoms with E-state index in [9.17, 15) is 9.59 Å². The predicted octanol–water partition coefficient (Wildman–Crippen LogP) is 5.11. The zero-order valence-electron chi connectivity index (χ0n) is 17.4. The summed E-state index contributed by atoms with van der Waals surface area (Å²) in [5.74, 6) is -0.399. The first-order valence-electron chi connectivity index (χ1n) is 10.4. The monoisotopic (exact) mass is 435 g/mol. The van der Waals surface area contributed by atoms with Crippen LogP contribution in [0, 0.1) is 12.8 Å². The molecule has 1 saturated heterocycles. The molecule has 1 N–H and O–H groups in total. The van der Waals surface area contributed by atoms with Crippen LogP contribution in [0.25, 0.3) is 10.6 Å². The number of benzene rings is 2. The van der Waals surface area contributed by atoms with Crippen molar-refractivity contribution in [1.82, 2.24) is 9.88 Å². The Morgan fingerprint density at radius 2 is 1.81 bits per heavy atom. The number of nitrogens with zero attached hydrogens (tertiary/aromatic N) is 2. The molecule has 160 valence electrons. The third-order valence-corrected chi connectivity index (χ3v) is 6.29. The van der Waals surface area contributed by atoms with E-state index in [1.54, 1.807) is 16.2 Å². The molecule has 4 rings (SSSR count). The highest BCUT2D eigenvalue weighted by molar-refractivity contribution is 7.13. The van der Waals surface area contributed by atoms with Crippen molar-refractivity contribution in [3.63, 3.8) is 0 Å². The van der Waals surface area contributed by atoms with Crippen molar-refractivity contribution in [3.8, 4) is 10.6 Å². The van der Waals surface area contributed by atoms with E-state index in [1.807, 2.05) is 47.8 Å². The minimum atomic E-state index is -0.215. The van der Waals surface area contributed by atoms with Crippen LogP contribution in [-0.2, 0) is 16.1 Å². The summed E-state index contributed by atoms with van der Waals surface area (Å²) in [5.41, 5.74) is 3.79. The molecule has 2 amide bonds. The maximum absolute atomic E-state index is 12.5. The number of likely N-dealkylation sites (tertiary alicyclic amines) is 1. The van der Waals surface area contributed by atoms with Crippen LogP contribution in [0.1, 0.15) is 24.1 Å². The van der Waals surface area contributed by atoms with Crippen LogP contribution in [0.2, 0.25) is 0 Å². The molecule has 0 atom stereocenters. The molecule has 0 radical (unpaired) electrons. The number of hydrogen-bond acceptors (Lipinski definition) is 5. The Morgan fingerprint density at radius 3 is 2.52 bits per heavy atom. The molecular weight excluding hydrogens is 410 g/mol. The average Bonchev–Trinajstić information content (AvgIpc) is 3.28. The van der Waals surface area contributed by atoms with Gasteiger partial charge in [-0.25, -0.2) is 9.78 Å². The van der Waals surface area contributed by atoms with Crippen molar-refractivity contribution in [1.29, 1.82) is 0 Å². The van der Waals surface area contributed by atoms with Crippen LogP contribution in [0.15, 0.2) is 60.0 Å². The van der Waals surface area contributed by atoms with Gasteiger partial charge in [0, 0.05) is 29.7 Å². The van der Waals surface area contributed by atoms with Gasteiger partial charge >= 0.3 is 12.0 Å². The molecule has 0 aliphatic carbocycles. The van der Waals surface area contributed by atoms with E-state index in [2.05, 4.69) is 29.4 Å². The van der Waals surface area contributed by atoms with Gasteiger partial charge in [0.15, 0.2) is 0 Å². The number of urea groups is 1. The van der Waals surface area contributed by atoms with Crippen molar-refractivity contribution in [2.45, 2.75) is 26.4 Å². The summed E-state index contributed by atoms with van der Waals surface area (Å²) >= 11 is 1.55. The van der Waals surface area contributed by atoms with Gasteiger partial charge in [0.05, 0.1) is 11.6 Å². The van der Waals surface area contributed by atoms with E-state index in [-0.39, 0.29) is 24.5 Å². The van der Waals surface area contributed by atoms with Gasteiger partial charge in [-0.15, -0.1) is 11.3 Å². The number of aromatic nitrogens is 1. The van der Waals surface area contributed by atoms with E-state index in [4.69, 9.17) is 4.74 Å². The van der Waals surface area contributed by atoms with Crippen LogP contribution in [-0.4, -0.2) is 35.0 Å². The van der Waals surface area contributed by atoms with Gasteiger partial charge < -0.3 is 15.0 Å². The lowest BCUT2D eigenvalue weighted by Gasteiger charge is -2.30. The molecule has 1 aliphatic heterocycles. The summed E-state index contributed by atoms with van der Waals surface area (Å²) in [5, 5.41) is 5.73. The Bertz CT molecular complexity index is 1030. The van der Waals surface area contributed by atoms with Gasteiger partial charge in [-0.2, -0.15) is 0 Å². The van der Waals surface area contributed by atoms with Crippen LogP contribution < -0.4 is 5.32 Å². The SMILES string of the molecule is Cc1ccc(-c2nc(COC(=O)C3CCN(C(=O)Nc4ccccc4)CC3)cs2)cc1. The second kappa shape index (κ2) is 9.75. The zero-order chi connectivity index (χ0) is 21.6. The number of carbonyl (C=O) groups excluding carboxylic acids is 2. The second-order valence-electron chi connectivity index (χ2n) is 7.68. The largest absolute Gasteiger partial charge is 0.459 e. The quantitative estimate of drug-likeness (QED) is 0.566. The number of ether oxygens (including phenoxy) is 1. The van der Waals surface area contributed by atoms with Crippen LogP contribution in [0.4, 0.5) is 10.5 Å². The van der Waals surface area contributed by atoms with E-state index >= 15 is 0 Å². The summed E-state index contributed by atoms with van der Waals surface area (Å²) in [6.07, 6.45) is 1.21. The highest BCUT2D eigenvalue weighted by atomic mass is 32.1. The normalized spacial score (nSPS) is 14.3. The topological polar surface area (TPSA) is 71.5 Å². The van der Waals surface area contributed by atoms with Crippen LogP contribution in [0.5, 0.6) is 0 Å². The van der Waals surface area contributed by atoms with Gasteiger partial charge in [-0.3, -0.25) is 4.79 Å². The number of para-hydroxylation sites is 1. The lowest BCUT2D eigenvalue weighted by molar-refractivity contribution is -0.151. The summed E-state index contributed by atoms with van der Waals surface area (Å²) in [4.78, 5) is 31.2. The van der Waals surface area contributed by atoms with Gasteiger partial charge in [0.2, 0.25) is 0 Å². The lowest BCUT2D eigenvalue weighted by atomic mass is 9.97. The second-order valence-corrected chi connectivity index (χ2v) is 8.53. The average molecular weight is 436 g/mol. The fourth-order valence-corrected chi connectivity index (χ4v) is 4.32. The van der Waals surface area contributed by atoms with Gasteiger partial charge in [0.25, 0.3) is 0 Å². The number of aryl methyl sites for hydroxylation is 1. The van der Waals surface area contributed by atoms with E-state index in [1.165, 1.54) is 5.56 Å². The van der Waals surface area contributed by atoms with E-state index < -0.39 is 0 Å². The standard InChI is InChI=1S/C24H25N3O3S/c1-17-7-9-18(10-8-17)22-25-21(16-31-22)15-30-23(28)19-11-13-27(14-12-19)24(29)26-20-5-3-2-4-6-20/h2-10,16,19H,11-15H2,1H3,(H,26,29). The molecule has 6 nitrogen and oxygen atoms in total. The maximum Gasteiger partial charge on any atom is 0.321 e. The minimum absolute atomic E-state index is 0.135. The van der Waals surface area contributed by atoms with E-state index in [0.717, 1.165) is 22.0 Å². The Labute approximate surface area is 185 Å². The van der Waals surface area contributed by atoms with Gasteiger partial charge in [0.1, 0.15) is 11.6 Å². The number of piperidine rings is 1. The molecular formula is C24H25N3O3S. The predicted molar refractivity (Wildman–Crippen MR) is 122 cm³/mol. The van der Waals surface area contributed by atoms with Crippen LogP contribution >= 0.6 is 11.3 Å². The molecule has 3 aromatic rings. The summed E-state index contributed by atoms with van der Waals surface area (Å²) in [7, 11) is 0. The number of hydrogen-bond donors (Lipinski definition) is 1. The van der Waals surface area contributed by atoms with Crippen molar-refractivity contribution >= 4 is 29.0 Å². The van der Waals surface area contributed by atoms with Crippen molar-refractivity contribution in [2.75, 3.05) is 18.4 Å². The molecule has 2 aromatic carbocycles. The molecule has 0 bridgehead atoms. The Kier molecular flexibility index (Phi) is 6.62. The van der Waals surface area contributed by atoms with Gasteiger partial charge in [-0.05, 0) is 31.9 Å². The first-order chi connectivity index (χ1) is 15.1. The molecule has 2 heterocycles. The lowest BCUT2D eigenvalue weighted by Crippen LogP contribution is -2.42. The Hall–Kier alpha value is -3.19.